The Morgan fingerprint density at radius 1 is 0.976 bits per heavy atom. The molecule has 1 aliphatic carbocycles. The largest absolute Gasteiger partial charge is 0.447 e. The van der Waals surface area contributed by atoms with E-state index in [4.69, 9.17) is 11.2 Å². The van der Waals surface area contributed by atoms with Crippen LogP contribution in [0, 0.1) is 29.6 Å². The molecule has 0 bridgehead atoms. The van der Waals surface area contributed by atoms with Gasteiger partial charge in [0.25, 0.3) is 0 Å². The molecule has 13 heteroatoms. The van der Waals surface area contributed by atoms with Crippen LogP contribution in [0.15, 0.2) is 33.6 Å². The molecule has 41 heavy (non-hydrogen) atoms. The average molecular weight is 629 g/mol. The molecule has 2 amide bonds. The SMILES string of the molecule is C#CC(OC(=O)[C@@H]1C(C=C(C)C)C1(C)C)/C(C)=C/CC.CS/C(C)=N\OC(=O)N(C)SN(C)C(=O)O/N=C(/C)SC. The smallest absolute Gasteiger partial charge is 0.444 e. The predicted octanol–water partition coefficient (Wildman–Crippen LogP) is 7.21. The zero-order valence-electron chi connectivity index (χ0n) is 26.1. The summed E-state index contributed by atoms with van der Waals surface area (Å²) in [5.41, 5.74) is 2.13. The lowest BCUT2D eigenvalue weighted by Crippen LogP contribution is -2.28. The molecule has 0 heterocycles. The molecule has 0 spiro atoms. The third-order valence-corrected chi connectivity index (χ3v) is 7.98. The van der Waals surface area contributed by atoms with Gasteiger partial charge in [0.2, 0.25) is 0 Å². The molecule has 0 aromatic rings. The Balaban J connectivity index is 0.000000781. The summed E-state index contributed by atoms with van der Waals surface area (Å²) in [6.45, 7) is 15.7. The van der Waals surface area contributed by atoms with E-state index in [9.17, 15) is 14.4 Å². The maximum Gasteiger partial charge on any atom is 0.447 e. The molecule has 1 aliphatic rings. The quantitative estimate of drug-likeness (QED) is 0.0382. The van der Waals surface area contributed by atoms with E-state index in [0.29, 0.717) is 10.1 Å². The van der Waals surface area contributed by atoms with Crippen molar-refractivity contribution in [3.05, 3.63) is 23.3 Å². The zero-order chi connectivity index (χ0) is 31.9. The molecule has 0 N–H and O–H groups in total. The lowest BCUT2D eigenvalue weighted by molar-refractivity contribution is -0.147. The molecular formula is C28H44N4O6S3. The van der Waals surface area contributed by atoms with E-state index in [-0.39, 0.29) is 23.2 Å². The molecule has 230 valence electrons. The first kappa shape index (κ1) is 38.4. The number of rotatable bonds is 9. The van der Waals surface area contributed by atoms with Crippen molar-refractivity contribution in [3.8, 4) is 12.3 Å². The van der Waals surface area contributed by atoms with Gasteiger partial charge in [0.1, 0.15) is 10.1 Å². The number of carbonyl (C=O) groups excluding carboxylic acids is 3. The van der Waals surface area contributed by atoms with Crippen LogP contribution in [0.25, 0.3) is 0 Å². The van der Waals surface area contributed by atoms with Gasteiger partial charge >= 0.3 is 18.2 Å². The third-order valence-electron chi connectivity index (χ3n) is 5.86. The van der Waals surface area contributed by atoms with E-state index in [1.54, 1.807) is 13.8 Å². The van der Waals surface area contributed by atoms with Crippen LogP contribution in [0.4, 0.5) is 9.59 Å². The van der Waals surface area contributed by atoms with E-state index in [1.165, 1.54) is 43.2 Å². The summed E-state index contributed by atoms with van der Waals surface area (Å²) >= 11 is 3.51. The van der Waals surface area contributed by atoms with Crippen molar-refractivity contribution in [2.45, 2.75) is 67.9 Å². The summed E-state index contributed by atoms with van der Waals surface area (Å²) in [4.78, 5) is 44.9. The highest BCUT2D eigenvalue weighted by Gasteiger charge is 2.61. The molecule has 1 fully saturated rings. The number of esters is 1. The maximum absolute atomic E-state index is 12.3. The van der Waals surface area contributed by atoms with Crippen molar-refractivity contribution in [2.75, 3.05) is 26.6 Å². The van der Waals surface area contributed by atoms with Crippen molar-refractivity contribution >= 4 is 63.9 Å². The van der Waals surface area contributed by atoms with Crippen LogP contribution in [0.3, 0.4) is 0 Å². The van der Waals surface area contributed by atoms with Crippen LogP contribution < -0.4 is 0 Å². The number of oxime groups is 2. The van der Waals surface area contributed by atoms with Gasteiger partial charge in [-0.25, -0.2) is 18.2 Å². The number of carbonyl (C=O) groups is 3. The Morgan fingerprint density at radius 3 is 1.80 bits per heavy atom. The summed E-state index contributed by atoms with van der Waals surface area (Å²) in [6.07, 6.45) is 12.2. The van der Waals surface area contributed by atoms with Crippen molar-refractivity contribution in [1.82, 2.24) is 8.61 Å². The third kappa shape index (κ3) is 13.8. The minimum absolute atomic E-state index is 0.0319. The highest BCUT2D eigenvalue weighted by molar-refractivity contribution is 8.13. The Kier molecular flexibility index (Phi) is 17.6. The monoisotopic (exact) mass is 628 g/mol. The van der Waals surface area contributed by atoms with Crippen molar-refractivity contribution in [1.29, 1.82) is 0 Å². The van der Waals surface area contributed by atoms with Crippen LogP contribution in [-0.4, -0.2) is 69.6 Å². The molecule has 0 aromatic heterocycles. The highest BCUT2D eigenvalue weighted by Crippen LogP contribution is 2.60. The summed E-state index contributed by atoms with van der Waals surface area (Å²) < 4.78 is 7.71. The second kappa shape index (κ2) is 18.8. The Hall–Kier alpha value is -2.56. The number of hydrogen-bond acceptors (Lipinski definition) is 11. The van der Waals surface area contributed by atoms with Gasteiger partial charge in [0.15, 0.2) is 6.10 Å². The van der Waals surface area contributed by atoms with Crippen molar-refractivity contribution in [2.24, 2.45) is 27.6 Å². The molecule has 3 atom stereocenters. The fourth-order valence-electron chi connectivity index (χ4n) is 3.32. The first-order valence-electron chi connectivity index (χ1n) is 12.8. The van der Waals surface area contributed by atoms with Crippen LogP contribution in [0.5, 0.6) is 0 Å². The van der Waals surface area contributed by atoms with Gasteiger partial charge in [-0.3, -0.25) is 14.5 Å². The van der Waals surface area contributed by atoms with Gasteiger partial charge in [-0.2, -0.15) is 0 Å². The Morgan fingerprint density at radius 2 is 1.44 bits per heavy atom. The van der Waals surface area contributed by atoms with Crippen molar-refractivity contribution < 1.29 is 28.8 Å². The Bertz CT molecular complexity index is 1040. The molecule has 0 radical (unpaired) electrons. The molecule has 1 rings (SSSR count). The number of terminal acetylenes is 1. The molecule has 2 unspecified atom stereocenters. The van der Waals surface area contributed by atoms with Gasteiger partial charge in [0, 0.05) is 14.1 Å². The van der Waals surface area contributed by atoms with E-state index < -0.39 is 18.3 Å². The van der Waals surface area contributed by atoms with Crippen molar-refractivity contribution in [3.63, 3.8) is 0 Å². The minimum Gasteiger partial charge on any atom is -0.444 e. The fraction of sp³-hybridized carbons (Fsp3) is 0.607. The Labute approximate surface area is 258 Å². The lowest BCUT2D eigenvalue weighted by Gasteiger charge is -2.19. The molecule has 0 saturated heterocycles. The normalized spacial score (nSPS) is 18.5. The number of thioether (sulfide) groups is 2. The topological polar surface area (TPSA) is 110 Å². The maximum atomic E-state index is 12.3. The van der Waals surface area contributed by atoms with Crippen LogP contribution >= 0.6 is 35.7 Å². The van der Waals surface area contributed by atoms with Crippen LogP contribution in [-0.2, 0) is 19.2 Å². The van der Waals surface area contributed by atoms with Gasteiger partial charge < -0.3 is 4.74 Å². The average Bonchev–Trinajstić information content (AvgIpc) is 3.46. The van der Waals surface area contributed by atoms with E-state index in [0.717, 1.165) is 32.7 Å². The number of ether oxygens (including phenoxy) is 1. The molecule has 10 nitrogen and oxygen atoms in total. The molecule has 1 saturated carbocycles. The van der Waals surface area contributed by atoms with Gasteiger partial charge in [0.05, 0.1) is 18.1 Å². The van der Waals surface area contributed by atoms with Gasteiger partial charge in [-0.1, -0.05) is 54.7 Å². The number of nitrogens with zero attached hydrogens (tertiary/aromatic N) is 4. The van der Waals surface area contributed by atoms with E-state index in [2.05, 4.69) is 59.7 Å². The number of allylic oxidation sites excluding steroid dienone is 3. The fourth-order valence-corrected chi connectivity index (χ4v) is 4.11. The van der Waals surface area contributed by atoms with Crippen LogP contribution in [0.2, 0.25) is 0 Å². The predicted molar refractivity (Wildman–Crippen MR) is 172 cm³/mol. The summed E-state index contributed by atoms with van der Waals surface area (Å²) in [7, 11) is 2.88. The number of hydrogen-bond donors (Lipinski definition) is 0. The molecule has 0 aliphatic heterocycles. The summed E-state index contributed by atoms with van der Waals surface area (Å²) in [5, 5.41) is 8.42. The molecule has 0 aromatic carbocycles. The molecular weight excluding hydrogens is 585 g/mol. The zero-order valence-corrected chi connectivity index (χ0v) is 28.6. The van der Waals surface area contributed by atoms with Crippen LogP contribution in [0.1, 0.15) is 61.8 Å². The van der Waals surface area contributed by atoms with E-state index >= 15 is 0 Å². The highest BCUT2D eigenvalue weighted by atomic mass is 32.2. The first-order chi connectivity index (χ1) is 19.1. The van der Waals surface area contributed by atoms with Gasteiger partial charge in [-0.05, 0) is 70.5 Å². The van der Waals surface area contributed by atoms with E-state index in [1.807, 2.05) is 32.4 Å². The van der Waals surface area contributed by atoms with Gasteiger partial charge in [-0.15, -0.1) is 29.9 Å². The second-order valence-corrected chi connectivity index (χ2v) is 13.1. The minimum atomic E-state index is -0.711. The number of amides is 2. The standard InChI is InChI=1S/C18H26O2.C10H18N4O4S3/c1-8-10-13(5)15(9-2)20-17(19)16-14(11-12(3)4)18(16,6)7;1-7(19-5)11-17-9(15)13(3)21-14(4)10(16)18-12-8(2)20-6/h2,10-11,14-16H,8H2,1,3-7H3;1-6H3/b13-10+;11-7-,12-8-/t14?,15?,16-;/m0./s1. The first-order valence-corrected chi connectivity index (χ1v) is 16.0. The summed E-state index contributed by atoms with van der Waals surface area (Å²) in [5.74, 6) is 2.56. The lowest BCUT2D eigenvalue weighted by atomic mass is 10.1. The second-order valence-electron chi connectivity index (χ2n) is 9.83. The summed E-state index contributed by atoms with van der Waals surface area (Å²) in [6, 6.07) is 0.